The summed E-state index contributed by atoms with van der Waals surface area (Å²) in [6.45, 7) is 4.76. The van der Waals surface area contributed by atoms with Crippen LogP contribution in [-0.4, -0.2) is 94.4 Å². The minimum Gasteiger partial charge on any atom is -0.435 e. The van der Waals surface area contributed by atoms with Gasteiger partial charge in [0, 0.05) is 0 Å². The molecule has 0 aromatic heterocycles. The van der Waals surface area contributed by atoms with Gasteiger partial charge < -0.3 is 14.2 Å². The topological polar surface area (TPSA) is 78.9 Å². The Kier molecular flexibility index (Phi) is 7.86. The second-order valence-electron chi connectivity index (χ2n) is 10.2. The molecule has 4 bridgehead atoms. The van der Waals surface area contributed by atoms with Crippen LogP contribution in [0.1, 0.15) is 0 Å². The summed E-state index contributed by atoms with van der Waals surface area (Å²) in [4.78, 5) is 36.0. The smallest absolute Gasteiger partial charge is 0.422 e. The summed E-state index contributed by atoms with van der Waals surface area (Å²) in [6, 6.07) is 0. The van der Waals surface area contributed by atoms with Crippen LogP contribution in [-0.2, 0) is 28.6 Å². The highest BCUT2D eigenvalue weighted by molar-refractivity contribution is 5.92. The molecule has 50 heavy (non-hydrogen) atoms. The summed E-state index contributed by atoms with van der Waals surface area (Å²) in [5, 5.41) is 0. The van der Waals surface area contributed by atoms with E-state index in [9.17, 15) is 53.9 Å². The van der Waals surface area contributed by atoms with E-state index in [2.05, 4.69) is 14.2 Å². The molecule has 0 aromatic rings. The monoisotopic (exact) mass is 784 g/mol. The van der Waals surface area contributed by atoms with Crippen LogP contribution in [0, 0.1) is 0 Å². The average Bonchev–Trinajstić information content (AvgIpc) is 2.90. The third-order valence-corrected chi connectivity index (χ3v) is 7.78. The van der Waals surface area contributed by atoms with Crippen molar-refractivity contribution >= 4 is 17.9 Å². The number of alkyl halides is 22. The molecule has 4 aliphatic rings. The summed E-state index contributed by atoms with van der Waals surface area (Å²) in [7, 11) is 0. The van der Waals surface area contributed by atoms with Crippen molar-refractivity contribution in [1.29, 1.82) is 0 Å². The minimum atomic E-state index is -8.62. The first-order valence-corrected chi connectivity index (χ1v) is 11.6. The molecule has 284 valence electrons. The van der Waals surface area contributed by atoms with Crippen molar-refractivity contribution in [3.8, 4) is 0 Å². The third-order valence-electron chi connectivity index (χ3n) is 7.78. The molecule has 0 saturated heterocycles. The molecule has 0 N–H and O–H groups in total. The average molecular weight is 784 g/mol. The molecule has 0 spiro atoms. The van der Waals surface area contributed by atoms with Crippen LogP contribution in [0.25, 0.3) is 0 Å². The maximum absolute atomic E-state index is 16.1. The Labute approximate surface area is 257 Å². The van der Waals surface area contributed by atoms with Crippen LogP contribution in [0.2, 0.25) is 0 Å². The first kappa shape index (κ1) is 40.5. The van der Waals surface area contributed by atoms with Crippen molar-refractivity contribution < 1.29 is 125 Å². The lowest BCUT2D eigenvalue weighted by Crippen LogP contribution is -3.12. The van der Waals surface area contributed by atoms with Gasteiger partial charge in [0.05, 0.1) is 0 Å². The summed E-state index contributed by atoms with van der Waals surface area (Å²) in [6.07, 6.45) is -19.8. The number of ether oxygens (including phenoxy) is 3. The van der Waals surface area contributed by atoms with Gasteiger partial charge in [0.2, 0.25) is 0 Å². The molecular weight excluding hydrogens is 778 g/mol. The predicted molar refractivity (Wildman–Crippen MR) is 106 cm³/mol. The zero-order valence-electron chi connectivity index (χ0n) is 22.4. The van der Waals surface area contributed by atoms with Gasteiger partial charge in [-0.2, -0.15) is 92.2 Å². The Hall–Kier alpha value is -3.91. The van der Waals surface area contributed by atoms with E-state index in [1.165, 1.54) is 0 Å². The summed E-state index contributed by atoms with van der Waals surface area (Å²) < 4.78 is 331. The zero-order valence-corrected chi connectivity index (χ0v) is 22.4. The first-order chi connectivity index (χ1) is 21.6. The van der Waals surface area contributed by atoms with Gasteiger partial charge in [0.1, 0.15) is 16.7 Å². The molecule has 4 saturated carbocycles. The molecule has 0 amide bonds. The lowest BCUT2D eigenvalue weighted by molar-refractivity contribution is -0.628. The molecule has 6 nitrogen and oxygen atoms in total. The zero-order chi connectivity index (χ0) is 40.1. The Balaban J connectivity index is 2.77. The van der Waals surface area contributed by atoms with Gasteiger partial charge in [-0.05, 0) is 0 Å². The van der Waals surface area contributed by atoms with Gasteiger partial charge in [-0.25, -0.2) is 18.8 Å². The predicted octanol–water partition coefficient (Wildman–Crippen LogP) is 6.75. The Morgan fingerprint density at radius 3 is 0.660 bits per heavy atom. The van der Waals surface area contributed by atoms with Crippen molar-refractivity contribution in [1.82, 2.24) is 0 Å². The fraction of sp³-hybridized carbons (Fsp3) is 0.591. The molecule has 4 aliphatic carbocycles. The molecule has 0 unspecified atom stereocenters. The molecular formula is C22H6F22O6. The van der Waals surface area contributed by atoms with Gasteiger partial charge in [-0.3, -0.25) is 0 Å². The SMILES string of the molecule is C=C(C(=O)OC12C(F)(F)C3(F)C(F)(F)C(OC(=O)C(=C)C(F)(F)F)(C1(F)F)C(F)(F)C(OC(=O)C(=C)C(F)(F)F)(C3(F)F)C2(F)F)C(F)(F)F. The quantitative estimate of drug-likeness (QED) is 0.129. The Morgan fingerprint density at radius 1 is 0.360 bits per heavy atom. The minimum absolute atomic E-state index is 1.59. The highest BCUT2D eigenvalue weighted by Crippen LogP contribution is 2.88. The highest BCUT2D eigenvalue weighted by Gasteiger charge is 3.25. The molecule has 0 atom stereocenters. The summed E-state index contributed by atoms with van der Waals surface area (Å²) >= 11 is 0. The normalized spacial score (nSPS) is 34.0. The lowest BCUT2D eigenvalue weighted by atomic mass is 9.38. The van der Waals surface area contributed by atoms with Crippen molar-refractivity contribution in [2.75, 3.05) is 0 Å². The van der Waals surface area contributed by atoms with E-state index >= 15 is 57.1 Å². The van der Waals surface area contributed by atoms with Crippen molar-refractivity contribution in [3.63, 3.8) is 0 Å². The summed E-state index contributed by atoms with van der Waals surface area (Å²) in [5.41, 5.74) is -44.4. The van der Waals surface area contributed by atoms with Gasteiger partial charge in [-0.15, -0.1) is 0 Å². The fourth-order valence-electron chi connectivity index (χ4n) is 5.36. The first-order valence-electron chi connectivity index (χ1n) is 11.6. The number of esters is 3. The van der Waals surface area contributed by atoms with Crippen molar-refractivity contribution in [2.45, 2.75) is 76.5 Å². The lowest BCUT2D eigenvalue weighted by Gasteiger charge is -2.76. The second-order valence-corrected chi connectivity index (χ2v) is 10.2. The molecule has 0 aliphatic heterocycles. The molecule has 0 radical (unpaired) electrons. The largest absolute Gasteiger partial charge is 0.435 e. The molecule has 0 aromatic carbocycles. The maximum Gasteiger partial charge on any atom is 0.422 e. The van der Waals surface area contributed by atoms with E-state index in [1.807, 2.05) is 0 Å². The molecule has 4 fully saturated rings. The van der Waals surface area contributed by atoms with Gasteiger partial charge in [0.15, 0.2) is 0 Å². The summed E-state index contributed by atoms with van der Waals surface area (Å²) in [5.74, 6) is -64.8. The third kappa shape index (κ3) is 3.68. The van der Waals surface area contributed by atoms with Crippen LogP contribution in [0.3, 0.4) is 0 Å². The van der Waals surface area contributed by atoms with E-state index in [0.29, 0.717) is 0 Å². The second kappa shape index (κ2) is 9.69. The Bertz CT molecular complexity index is 1390. The van der Waals surface area contributed by atoms with Crippen LogP contribution in [0.15, 0.2) is 36.5 Å². The van der Waals surface area contributed by atoms with Gasteiger partial charge in [0.25, 0.3) is 0 Å². The van der Waals surface area contributed by atoms with Crippen LogP contribution in [0.5, 0.6) is 0 Å². The number of rotatable bonds is 6. The molecule has 0 heterocycles. The van der Waals surface area contributed by atoms with Gasteiger partial charge in [-0.1, -0.05) is 19.7 Å². The fourth-order valence-corrected chi connectivity index (χ4v) is 5.36. The van der Waals surface area contributed by atoms with E-state index in [0.717, 1.165) is 0 Å². The number of halogens is 22. The van der Waals surface area contributed by atoms with E-state index < -0.39 is 111 Å². The van der Waals surface area contributed by atoms with Crippen LogP contribution >= 0.6 is 0 Å². The maximum atomic E-state index is 16.1. The standard InChI is InChI=1S/C22H6F22O6/c1-4(10(23,24)25)7(45)48-14-17(33,34)13(32)18(35,36)15(20(14,39)40,49-8(46)5(2)11(26,27)28)22(43,44)16(19(13,37)38,21(14,41)42)50-9(47)6(3)12(29,30)31/h1-3H2. The molecule has 28 heteroatoms. The number of carbonyl (C=O) groups is 3. The van der Waals surface area contributed by atoms with Crippen LogP contribution in [0.4, 0.5) is 96.6 Å². The Morgan fingerprint density at radius 2 is 0.520 bits per heavy atom. The highest BCUT2D eigenvalue weighted by atomic mass is 19.4. The number of hydrogen-bond acceptors (Lipinski definition) is 6. The number of carbonyl (C=O) groups excluding carboxylic acids is 3. The van der Waals surface area contributed by atoms with Crippen molar-refractivity contribution in [2.24, 2.45) is 0 Å². The van der Waals surface area contributed by atoms with E-state index in [-0.39, 0.29) is 0 Å². The van der Waals surface area contributed by atoms with E-state index in [4.69, 9.17) is 0 Å². The van der Waals surface area contributed by atoms with Crippen molar-refractivity contribution in [3.05, 3.63) is 36.5 Å². The van der Waals surface area contributed by atoms with Crippen LogP contribution < -0.4 is 0 Å². The van der Waals surface area contributed by atoms with Gasteiger partial charge >= 0.3 is 94.4 Å². The number of hydrogen-bond donors (Lipinski definition) is 0. The molecule has 4 rings (SSSR count). The van der Waals surface area contributed by atoms with E-state index in [1.54, 1.807) is 19.7 Å².